The summed E-state index contributed by atoms with van der Waals surface area (Å²) in [6, 6.07) is 7.45. The Kier molecular flexibility index (Phi) is 5.98. The molecule has 1 aromatic carbocycles. The van der Waals surface area contributed by atoms with E-state index in [-0.39, 0.29) is 31.1 Å². The van der Waals surface area contributed by atoms with Gasteiger partial charge < -0.3 is 15.4 Å². The number of carbonyl (C=O) groups is 2. The molecular formula is C18H21F2N5O3. The number of carbonyl (C=O) groups excluding carboxylic acids is 2. The van der Waals surface area contributed by atoms with Crippen molar-refractivity contribution >= 4 is 17.5 Å². The Balaban J connectivity index is 1.52. The van der Waals surface area contributed by atoms with E-state index in [1.807, 2.05) is 31.2 Å². The predicted molar refractivity (Wildman–Crippen MR) is 95.9 cm³/mol. The minimum absolute atomic E-state index is 0.0895. The maximum atomic E-state index is 13.0. The van der Waals surface area contributed by atoms with E-state index in [2.05, 4.69) is 20.9 Å². The van der Waals surface area contributed by atoms with E-state index >= 15 is 0 Å². The van der Waals surface area contributed by atoms with Gasteiger partial charge in [0.2, 0.25) is 5.91 Å². The molecule has 10 heteroatoms. The molecule has 2 N–H and O–H groups in total. The van der Waals surface area contributed by atoms with Crippen LogP contribution < -0.4 is 10.6 Å². The number of hydrogen-bond acceptors (Lipinski definition) is 5. The Hall–Kier alpha value is -2.88. The molecule has 1 aliphatic heterocycles. The number of amides is 2. The normalized spacial score (nSPS) is 19.0. The van der Waals surface area contributed by atoms with E-state index in [0.29, 0.717) is 6.42 Å². The number of alkyl halides is 2. The molecule has 2 aromatic rings. The third-order valence-corrected chi connectivity index (χ3v) is 4.64. The summed E-state index contributed by atoms with van der Waals surface area (Å²) in [6.07, 6.45) is -2.83. The predicted octanol–water partition coefficient (Wildman–Crippen LogP) is 1.83. The average molecular weight is 393 g/mol. The SMILES string of the molecule is Cc1ccccc1NC(=O)[C@@H]1CO[C@H](CNC(=O)c2nnn(C)c2C(F)F)C1. The topological polar surface area (TPSA) is 98.1 Å². The quantitative estimate of drug-likeness (QED) is 0.780. The van der Waals surface area contributed by atoms with Crippen LogP contribution in [0.2, 0.25) is 0 Å². The van der Waals surface area contributed by atoms with Gasteiger partial charge in [0.1, 0.15) is 5.69 Å². The van der Waals surface area contributed by atoms with E-state index in [1.54, 1.807) is 0 Å². The number of nitrogens with one attached hydrogen (secondary N) is 2. The Morgan fingerprint density at radius 2 is 2.11 bits per heavy atom. The number of ether oxygens (including phenoxy) is 1. The fourth-order valence-corrected chi connectivity index (χ4v) is 3.04. The smallest absolute Gasteiger partial charge is 0.282 e. The van der Waals surface area contributed by atoms with Gasteiger partial charge in [-0.15, -0.1) is 5.10 Å². The molecule has 1 saturated heterocycles. The van der Waals surface area contributed by atoms with Crippen LogP contribution in [0.25, 0.3) is 0 Å². The van der Waals surface area contributed by atoms with Crippen LogP contribution in [0, 0.1) is 12.8 Å². The number of aromatic nitrogens is 3. The fourth-order valence-electron chi connectivity index (χ4n) is 3.04. The lowest BCUT2D eigenvalue weighted by Gasteiger charge is -2.12. The van der Waals surface area contributed by atoms with Crippen molar-refractivity contribution in [3.05, 3.63) is 41.2 Å². The minimum atomic E-state index is -2.86. The number of halogens is 2. The molecule has 0 unspecified atom stereocenters. The van der Waals surface area contributed by atoms with Gasteiger partial charge in [0.05, 0.1) is 18.6 Å². The second-order valence-electron chi connectivity index (χ2n) is 6.65. The Bertz CT molecular complexity index is 871. The van der Waals surface area contributed by atoms with Crippen LogP contribution >= 0.6 is 0 Å². The van der Waals surface area contributed by atoms with Crippen molar-refractivity contribution in [3.8, 4) is 0 Å². The highest BCUT2D eigenvalue weighted by atomic mass is 19.3. The molecule has 8 nitrogen and oxygen atoms in total. The summed E-state index contributed by atoms with van der Waals surface area (Å²) in [7, 11) is 1.29. The third-order valence-electron chi connectivity index (χ3n) is 4.64. The molecule has 28 heavy (non-hydrogen) atoms. The highest BCUT2D eigenvalue weighted by Gasteiger charge is 2.32. The van der Waals surface area contributed by atoms with Crippen LogP contribution in [-0.4, -0.2) is 46.1 Å². The standard InChI is InChI=1S/C18H21F2N5O3/c1-10-5-3-4-6-13(10)22-17(26)11-7-12(28-9-11)8-21-18(27)14-15(16(19)20)25(2)24-23-14/h3-6,11-12,16H,7-9H2,1-2H3,(H,21,27)(H,22,26)/t11-,12-/m0/s1. The van der Waals surface area contributed by atoms with E-state index in [4.69, 9.17) is 4.74 Å². The summed E-state index contributed by atoms with van der Waals surface area (Å²) in [5.41, 5.74) is 0.744. The number of rotatable bonds is 6. The maximum absolute atomic E-state index is 13.0. The van der Waals surface area contributed by atoms with Gasteiger partial charge in [-0.05, 0) is 25.0 Å². The van der Waals surface area contributed by atoms with Crippen LogP contribution in [0.15, 0.2) is 24.3 Å². The van der Waals surface area contributed by atoms with Crippen molar-refractivity contribution in [3.63, 3.8) is 0 Å². The van der Waals surface area contributed by atoms with Crippen LogP contribution in [0.3, 0.4) is 0 Å². The van der Waals surface area contributed by atoms with Gasteiger partial charge >= 0.3 is 0 Å². The van der Waals surface area contributed by atoms with Gasteiger partial charge in [0.25, 0.3) is 12.3 Å². The number of anilines is 1. The molecule has 1 aliphatic rings. The monoisotopic (exact) mass is 393 g/mol. The molecule has 1 aromatic heterocycles. The first-order chi connectivity index (χ1) is 13.4. The molecule has 0 radical (unpaired) electrons. The Labute approximate surface area is 160 Å². The molecule has 150 valence electrons. The molecule has 3 rings (SSSR count). The highest BCUT2D eigenvalue weighted by Crippen LogP contribution is 2.23. The summed E-state index contributed by atoms with van der Waals surface area (Å²) in [6.45, 7) is 2.22. The summed E-state index contributed by atoms with van der Waals surface area (Å²) >= 11 is 0. The average Bonchev–Trinajstić information content (AvgIpc) is 3.28. The molecule has 0 spiro atoms. The number of nitrogens with zero attached hydrogens (tertiary/aromatic N) is 3. The zero-order valence-corrected chi connectivity index (χ0v) is 15.5. The molecule has 2 atom stereocenters. The zero-order valence-electron chi connectivity index (χ0n) is 15.5. The Morgan fingerprint density at radius 3 is 2.82 bits per heavy atom. The highest BCUT2D eigenvalue weighted by molar-refractivity contribution is 5.94. The Morgan fingerprint density at radius 1 is 1.36 bits per heavy atom. The molecule has 1 fully saturated rings. The van der Waals surface area contributed by atoms with Gasteiger partial charge in [-0.25, -0.2) is 13.5 Å². The number of para-hydroxylation sites is 1. The van der Waals surface area contributed by atoms with E-state index in [9.17, 15) is 18.4 Å². The van der Waals surface area contributed by atoms with Crippen LogP contribution in [-0.2, 0) is 16.6 Å². The molecular weight excluding hydrogens is 372 g/mol. The van der Waals surface area contributed by atoms with E-state index in [0.717, 1.165) is 15.9 Å². The molecule has 0 aliphatic carbocycles. The zero-order chi connectivity index (χ0) is 20.3. The van der Waals surface area contributed by atoms with Gasteiger partial charge in [-0.1, -0.05) is 23.4 Å². The van der Waals surface area contributed by atoms with Crippen LogP contribution in [0.5, 0.6) is 0 Å². The summed E-state index contributed by atoms with van der Waals surface area (Å²) in [5, 5.41) is 12.4. The summed E-state index contributed by atoms with van der Waals surface area (Å²) in [5.74, 6) is -1.26. The van der Waals surface area contributed by atoms with Crippen molar-refractivity contribution < 1.29 is 23.1 Å². The second kappa shape index (κ2) is 8.42. The third kappa shape index (κ3) is 4.33. The summed E-state index contributed by atoms with van der Waals surface area (Å²) in [4.78, 5) is 24.6. The lowest BCUT2D eigenvalue weighted by atomic mass is 10.0. The van der Waals surface area contributed by atoms with Crippen molar-refractivity contribution in [2.45, 2.75) is 25.9 Å². The molecule has 0 bridgehead atoms. The van der Waals surface area contributed by atoms with Crippen molar-refractivity contribution in [2.75, 3.05) is 18.5 Å². The summed E-state index contributed by atoms with van der Waals surface area (Å²) < 4.78 is 32.5. The second-order valence-corrected chi connectivity index (χ2v) is 6.65. The van der Waals surface area contributed by atoms with Crippen LogP contribution in [0.4, 0.5) is 14.5 Å². The number of benzene rings is 1. The van der Waals surface area contributed by atoms with Gasteiger partial charge in [0.15, 0.2) is 5.69 Å². The van der Waals surface area contributed by atoms with Gasteiger partial charge in [-0.3, -0.25) is 9.59 Å². The van der Waals surface area contributed by atoms with E-state index < -0.39 is 23.7 Å². The lowest BCUT2D eigenvalue weighted by Crippen LogP contribution is -2.33. The van der Waals surface area contributed by atoms with E-state index in [1.165, 1.54) is 7.05 Å². The van der Waals surface area contributed by atoms with Crippen molar-refractivity contribution in [2.24, 2.45) is 13.0 Å². The molecule has 0 saturated carbocycles. The first-order valence-corrected chi connectivity index (χ1v) is 8.80. The van der Waals surface area contributed by atoms with Gasteiger partial charge in [0, 0.05) is 19.3 Å². The largest absolute Gasteiger partial charge is 0.376 e. The maximum Gasteiger partial charge on any atom is 0.282 e. The van der Waals surface area contributed by atoms with Crippen LogP contribution in [0.1, 0.15) is 34.6 Å². The van der Waals surface area contributed by atoms with Gasteiger partial charge in [-0.2, -0.15) is 0 Å². The molecule has 2 heterocycles. The van der Waals surface area contributed by atoms with Crippen molar-refractivity contribution in [1.82, 2.24) is 20.3 Å². The first kappa shape index (κ1) is 19.9. The van der Waals surface area contributed by atoms with Crippen molar-refractivity contribution in [1.29, 1.82) is 0 Å². The minimum Gasteiger partial charge on any atom is -0.376 e. The number of aryl methyl sites for hydroxylation is 2. The first-order valence-electron chi connectivity index (χ1n) is 8.80. The molecule has 2 amide bonds. The fraction of sp³-hybridized carbons (Fsp3) is 0.444. The number of hydrogen-bond donors (Lipinski definition) is 2. The lowest BCUT2D eigenvalue weighted by molar-refractivity contribution is -0.119.